The van der Waals surface area contributed by atoms with Crippen molar-refractivity contribution in [3.8, 4) is 11.5 Å². The van der Waals surface area contributed by atoms with Gasteiger partial charge in [0.05, 0.1) is 11.1 Å². The number of hydrogen-bond donors (Lipinski definition) is 0. The van der Waals surface area contributed by atoms with Gasteiger partial charge < -0.3 is 9.47 Å². The Morgan fingerprint density at radius 2 is 2.12 bits per heavy atom. The number of Topliss-reactive ketones (excluding diaryl/α,β-unsaturated/α-hetero) is 1. The second kappa shape index (κ2) is 6.78. The average Bonchev–Trinajstić information content (AvgIpc) is 2.91. The maximum atomic E-state index is 12.8. The van der Waals surface area contributed by atoms with Crippen LogP contribution in [0.3, 0.4) is 0 Å². The molecule has 134 valence electrons. The van der Waals surface area contributed by atoms with Crippen LogP contribution in [0.15, 0.2) is 42.2 Å². The Bertz CT molecular complexity index is 904. The van der Waals surface area contributed by atoms with E-state index in [4.69, 9.17) is 21.1 Å². The number of ether oxygens (including phenoxy) is 2. The molecule has 0 unspecified atom stereocenters. The number of rotatable bonds is 3. The highest BCUT2D eigenvalue weighted by Crippen LogP contribution is 2.42. The Hall–Kier alpha value is -2.30. The summed E-state index contributed by atoms with van der Waals surface area (Å²) in [6, 6.07) is 11.0. The van der Waals surface area contributed by atoms with Crippen molar-refractivity contribution in [2.45, 2.75) is 20.4 Å². The van der Waals surface area contributed by atoms with Crippen molar-refractivity contribution in [1.29, 1.82) is 0 Å². The van der Waals surface area contributed by atoms with Crippen molar-refractivity contribution >= 4 is 23.5 Å². The Kier molecular flexibility index (Phi) is 4.47. The highest BCUT2D eigenvalue weighted by Gasteiger charge is 2.33. The quantitative estimate of drug-likeness (QED) is 0.731. The normalized spacial score (nSPS) is 17.8. The molecule has 0 spiro atoms. The summed E-state index contributed by atoms with van der Waals surface area (Å²) in [6.07, 6.45) is 1.73. The van der Waals surface area contributed by atoms with Crippen molar-refractivity contribution in [3.63, 3.8) is 0 Å². The van der Waals surface area contributed by atoms with E-state index in [1.807, 2.05) is 18.2 Å². The van der Waals surface area contributed by atoms with E-state index in [1.54, 1.807) is 24.3 Å². The van der Waals surface area contributed by atoms with E-state index >= 15 is 0 Å². The van der Waals surface area contributed by atoms with Crippen LogP contribution >= 0.6 is 11.6 Å². The molecule has 0 aliphatic carbocycles. The molecule has 0 fully saturated rings. The Balaban J connectivity index is 1.67. The maximum absolute atomic E-state index is 12.8. The summed E-state index contributed by atoms with van der Waals surface area (Å²) in [4.78, 5) is 15.0. The molecule has 2 aromatic rings. The standard InChI is InChI=1S/C21H20ClNO3/c1-13(2)10-23-11-17-18(25-12-23)7-6-16-20(24)19(26-21(16)17)9-14-4-3-5-15(22)8-14/h3-9,13H,10-12H2,1-2H3/b19-9-. The van der Waals surface area contributed by atoms with Gasteiger partial charge >= 0.3 is 0 Å². The smallest absolute Gasteiger partial charge is 0.231 e. The maximum Gasteiger partial charge on any atom is 0.231 e. The van der Waals surface area contributed by atoms with Gasteiger partial charge in [0.2, 0.25) is 5.78 Å². The number of nitrogens with zero attached hydrogens (tertiary/aromatic N) is 1. The molecule has 0 N–H and O–H groups in total. The van der Waals surface area contributed by atoms with Gasteiger partial charge in [0.25, 0.3) is 0 Å². The Labute approximate surface area is 158 Å². The minimum absolute atomic E-state index is 0.108. The van der Waals surface area contributed by atoms with Crippen LogP contribution in [0.25, 0.3) is 6.08 Å². The third-order valence-corrected chi connectivity index (χ3v) is 4.69. The van der Waals surface area contributed by atoms with Gasteiger partial charge in [-0.1, -0.05) is 37.6 Å². The number of hydrogen-bond acceptors (Lipinski definition) is 4. The topological polar surface area (TPSA) is 38.8 Å². The third kappa shape index (κ3) is 3.22. The molecule has 2 aliphatic rings. The van der Waals surface area contributed by atoms with E-state index in [2.05, 4.69) is 18.7 Å². The van der Waals surface area contributed by atoms with Crippen LogP contribution in [-0.2, 0) is 6.54 Å². The first-order valence-electron chi connectivity index (χ1n) is 8.72. The molecule has 0 atom stereocenters. The van der Waals surface area contributed by atoms with Gasteiger partial charge in [0.1, 0.15) is 18.2 Å². The van der Waals surface area contributed by atoms with Crippen LogP contribution in [0, 0.1) is 5.92 Å². The lowest BCUT2D eigenvalue weighted by molar-refractivity contribution is 0.0832. The molecule has 26 heavy (non-hydrogen) atoms. The van der Waals surface area contributed by atoms with Gasteiger partial charge in [-0.15, -0.1) is 0 Å². The predicted octanol–water partition coefficient (Wildman–Crippen LogP) is 4.76. The van der Waals surface area contributed by atoms with E-state index in [0.29, 0.717) is 41.3 Å². The fraction of sp³-hybridized carbons (Fsp3) is 0.286. The fourth-order valence-electron chi connectivity index (χ4n) is 3.39. The van der Waals surface area contributed by atoms with Crippen molar-refractivity contribution in [1.82, 2.24) is 4.90 Å². The number of halogens is 1. The van der Waals surface area contributed by atoms with Gasteiger partial charge in [0.15, 0.2) is 5.76 Å². The summed E-state index contributed by atoms with van der Waals surface area (Å²) in [6.45, 7) is 6.56. The third-order valence-electron chi connectivity index (χ3n) is 4.45. The molecule has 5 heteroatoms. The predicted molar refractivity (Wildman–Crippen MR) is 102 cm³/mol. The van der Waals surface area contributed by atoms with Crippen LogP contribution in [0.4, 0.5) is 0 Å². The summed E-state index contributed by atoms with van der Waals surface area (Å²) in [5.74, 6) is 2.16. The number of fused-ring (bicyclic) bond motifs is 3. The van der Waals surface area contributed by atoms with Crippen molar-refractivity contribution < 1.29 is 14.3 Å². The first kappa shape index (κ1) is 17.1. The molecule has 4 nitrogen and oxygen atoms in total. The van der Waals surface area contributed by atoms with Crippen molar-refractivity contribution in [3.05, 3.63) is 63.9 Å². The van der Waals surface area contributed by atoms with Crippen LogP contribution in [0.5, 0.6) is 11.5 Å². The zero-order chi connectivity index (χ0) is 18.3. The second-order valence-corrected chi connectivity index (χ2v) is 7.53. The van der Waals surface area contributed by atoms with Crippen molar-refractivity contribution in [2.75, 3.05) is 13.3 Å². The number of ketones is 1. The molecule has 4 rings (SSSR count). The van der Waals surface area contributed by atoms with E-state index < -0.39 is 0 Å². The molecule has 0 saturated heterocycles. The average molecular weight is 370 g/mol. The number of carbonyl (C=O) groups is 1. The van der Waals surface area contributed by atoms with Gasteiger partial charge in [-0.3, -0.25) is 9.69 Å². The number of benzene rings is 2. The summed E-state index contributed by atoms with van der Waals surface area (Å²) in [5, 5.41) is 0.623. The fourth-order valence-corrected chi connectivity index (χ4v) is 3.58. The Morgan fingerprint density at radius 1 is 1.27 bits per heavy atom. The lowest BCUT2D eigenvalue weighted by atomic mass is 10.0. The summed E-state index contributed by atoms with van der Waals surface area (Å²) >= 11 is 6.03. The molecule has 2 aliphatic heterocycles. The zero-order valence-corrected chi connectivity index (χ0v) is 15.5. The van der Waals surface area contributed by atoms with Crippen LogP contribution in [0.2, 0.25) is 5.02 Å². The minimum Gasteiger partial charge on any atom is -0.478 e. The SMILES string of the molecule is CC(C)CN1COc2ccc3c(c2C1)O/C(=C\c1cccc(Cl)c1)C3=O. The Morgan fingerprint density at radius 3 is 2.88 bits per heavy atom. The molecular weight excluding hydrogens is 350 g/mol. The lowest BCUT2D eigenvalue weighted by Gasteiger charge is -2.30. The molecule has 2 aromatic carbocycles. The molecule has 0 radical (unpaired) electrons. The monoisotopic (exact) mass is 369 g/mol. The lowest BCUT2D eigenvalue weighted by Crippen LogP contribution is -2.34. The van der Waals surface area contributed by atoms with Crippen LogP contribution in [0.1, 0.15) is 35.3 Å². The summed E-state index contributed by atoms with van der Waals surface area (Å²) in [7, 11) is 0. The number of carbonyl (C=O) groups excluding carboxylic acids is 1. The molecule has 0 aromatic heterocycles. The largest absolute Gasteiger partial charge is 0.478 e. The van der Waals surface area contributed by atoms with E-state index in [9.17, 15) is 4.79 Å². The van der Waals surface area contributed by atoms with Crippen LogP contribution < -0.4 is 9.47 Å². The molecule has 0 saturated carbocycles. The first-order chi connectivity index (χ1) is 12.5. The zero-order valence-electron chi connectivity index (χ0n) is 14.8. The van der Waals surface area contributed by atoms with E-state index in [-0.39, 0.29) is 5.78 Å². The summed E-state index contributed by atoms with van der Waals surface area (Å²) in [5.41, 5.74) is 2.37. The van der Waals surface area contributed by atoms with Gasteiger partial charge in [0, 0.05) is 18.1 Å². The highest BCUT2D eigenvalue weighted by atomic mass is 35.5. The minimum atomic E-state index is -0.108. The summed E-state index contributed by atoms with van der Waals surface area (Å²) < 4.78 is 11.8. The van der Waals surface area contributed by atoms with Gasteiger partial charge in [-0.05, 0) is 41.8 Å². The molecule has 0 amide bonds. The molecular formula is C21H20ClNO3. The molecule has 0 bridgehead atoms. The van der Waals surface area contributed by atoms with Crippen LogP contribution in [-0.4, -0.2) is 24.0 Å². The number of allylic oxidation sites excluding steroid dienone is 1. The van der Waals surface area contributed by atoms with Gasteiger partial charge in [-0.25, -0.2) is 0 Å². The van der Waals surface area contributed by atoms with E-state index in [0.717, 1.165) is 23.4 Å². The van der Waals surface area contributed by atoms with E-state index in [1.165, 1.54) is 0 Å². The van der Waals surface area contributed by atoms with Crippen molar-refractivity contribution in [2.24, 2.45) is 5.92 Å². The second-order valence-electron chi connectivity index (χ2n) is 7.09. The van der Waals surface area contributed by atoms with Gasteiger partial charge in [-0.2, -0.15) is 0 Å². The highest BCUT2D eigenvalue weighted by molar-refractivity contribution is 6.30. The molecule has 2 heterocycles. The first-order valence-corrected chi connectivity index (χ1v) is 9.10.